The molecule has 0 saturated carbocycles. The fourth-order valence-corrected chi connectivity index (χ4v) is 3.01. The number of nitrogens with zero attached hydrogens (tertiary/aromatic N) is 1. The molecule has 1 aliphatic heterocycles. The minimum atomic E-state index is -0.0597. The van der Waals surface area contributed by atoms with Gasteiger partial charge in [-0.2, -0.15) is 0 Å². The van der Waals surface area contributed by atoms with E-state index >= 15 is 0 Å². The van der Waals surface area contributed by atoms with Crippen molar-refractivity contribution in [3.63, 3.8) is 0 Å². The molecule has 0 unspecified atom stereocenters. The Labute approximate surface area is 123 Å². The molecule has 1 fully saturated rings. The molecule has 0 radical (unpaired) electrons. The second kappa shape index (κ2) is 5.19. The molecule has 1 saturated heterocycles. The van der Waals surface area contributed by atoms with Crippen LogP contribution in [-0.2, 0) is 11.3 Å². The molecule has 2 aromatic rings. The maximum atomic E-state index is 12.5. The average molecular weight is 341 g/mol. The molecule has 19 heavy (non-hydrogen) atoms. The molecule has 0 bridgehead atoms. The first-order valence-corrected chi connectivity index (χ1v) is 7.39. The van der Waals surface area contributed by atoms with E-state index in [0.717, 1.165) is 29.4 Å². The number of ether oxygens (including phenoxy) is 1. The van der Waals surface area contributed by atoms with Crippen molar-refractivity contribution in [1.29, 1.82) is 0 Å². The molecule has 100 valence electrons. The van der Waals surface area contributed by atoms with Crippen LogP contribution in [0, 0.1) is 4.77 Å². The minimum Gasteiger partial charge on any atom is -0.376 e. The monoisotopic (exact) mass is 340 g/mol. The lowest BCUT2D eigenvalue weighted by atomic mass is 10.2. The fraction of sp³-hybridized carbons (Fsp3) is 0.385. The topological polar surface area (TPSA) is 47.0 Å². The summed E-state index contributed by atoms with van der Waals surface area (Å²) in [5.41, 5.74) is 0.706. The predicted molar refractivity (Wildman–Crippen MR) is 80.1 cm³/mol. The van der Waals surface area contributed by atoms with Gasteiger partial charge in [0.25, 0.3) is 5.56 Å². The van der Waals surface area contributed by atoms with Gasteiger partial charge in [0.2, 0.25) is 0 Å². The van der Waals surface area contributed by atoms with E-state index < -0.39 is 0 Å². The molecule has 1 N–H and O–H groups in total. The highest BCUT2D eigenvalue weighted by Crippen LogP contribution is 2.17. The van der Waals surface area contributed by atoms with Gasteiger partial charge in [-0.15, -0.1) is 0 Å². The number of H-pyrrole nitrogens is 1. The number of hydrogen-bond acceptors (Lipinski definition) is 3. The van der Waals surface area contributed by atoms with Crippen LogP contribution in [0.5, 0.6) is 0 Å². The summed E-state index contributed by atoms with van der Waals surface area (Å²) < 4.78 is 8.51. The van der Waals surface area contributed by atoms with E-state index in [4.69, 9.17) is 17.0 Å². The lowest BCUT2D eigenvalue weighted by Gasteiger charge is -2.12. The molecule has 6 heteroatoms. The Hall–Kier alpha value is -0.980. The van der Waals surface area contributed by atoms with Gasteiger partial charge >= 0.3 is 0 Å². The minimum absolute atomic E-state index is 0.0597. The normalized spacial score (nSPS) is 19.1. The van der Waals surface area contributed by atoms with Crippen molar-refractivity contribution in [3.05, 3.63) is 37.8 Å². The molecule has 1 aliphatic rings. The van der Waals surface area contributed by atoms with Crippen molar-refractivity contribution in [2.75, 3.05) is 6.61 Å². The first-order chi connectivity index (χ1) is 9.15. The Morgan fingerprint density at radius 3 is 3.11 bits per heavy atom. The van der Waals surface area contributed by atoms with Crippen molar-refractivity contribution in [1.82, 2.24) is 9.55 Å². The number of aromatic amines is 1. The van der Waals surface area contributed by atoms with Gasteiger partial charge < -0.3 is 9.72 Å². The molecule has 0 spiro atoms. The average Bonchev–Trinajstić information content (AvgIpc) is 2.89. The maximum Gasteiger partial charge on any atom is 0.262 e. The van der Waals surface area contributed by atoms with Crippen molar-refractivity contribution >= 4 is 39.1 Å². The molecule has 1 aromatic heterocycles. The summed E-state index contributed by atoms with van der Waals surface area (Å²) in [5, 5.41) is 0.640. The Bertz CT molecular complexity index is 731. The first-order valence-electron chi connectivity index (χ1n) is 6.19. The molecular weight excluding hydrogens is 328 g/mol. The Morgan fingerprint density at radius 1 is 1.53 bits per heavy atom. The third-order valence-electron chi connectivity index (χ3n) is 3.35. The number of nitrogens with one attached hydrogen (secondary N) is 1. The summed E-state index contributed by atoms with van der Waals surface area (Å²) in [6.45, 7) is 1.30. The third kappa shape index (κ3) is 2.52. The quantitative estimate of drug-likeness (QED) is 0.855. The van der Waals surface area contributed by atoms with Crippen LogP contribution in [0.1, 0.15) is 12.8 Å². The van der Waals surface area contributed by atoms with E-state index in [2.05, 4.69) is 20.9 Å². The number of halogens is 1. The van der Waals surface area contributed by atoms with E-state index in [1.807, 2.05) is 18.2 Å². The Balaban J connectivity index is 2.13. The Kier molecular flexibility index (Phi) is 3.56. The SMILES string of the molecule is O=c1c2cc(Br)ccc2[nH]c(=S)n1C[C@H]1CCCO1. The highest BCUT2D eigenvalue weighted by atomic mass is 79.9. The zero-order chi connectivity index (χ0) is 13.4. The van der Waals surface area contributed by atoms with E-state index in [9.17, 15) is 4.79 Å². The van der Waals surface area contributed by atoms with Crippen molar-refractivity contribution in [2.45, 2.75) is 25.5 Å². The summed E-state index contributed by atoms with van der Waals surface area (Å²) in [6.07, 6.45) is 2.13. The van der Waals surface area contributed by atoms with Crippen LogP contribution in [-0.4, -0.2) is 22.3 Å². The van der Waals surface area contributed by atoms with Gasteiger partial charge in [-0.3, -0.25) is 9.36 Å². The van der Waals surface area contributed by atoms with Gasteiger partial charge in [0, 0.05) is 11.1 Å². The standard InChI is InChI=1S/C13H13BrN2O2S/c14-8-3-4-11-10(6-8)12(17)16(13(19)15-11)7-9-2-1-5-18-9/h3-4,6,9H,1-2,5,7H2,(H,15,19)/t9-/m1/s1. The van der Waals surface area contributed by atoms with Gasteiger partial charge in [0.15, 0.2) is 4.77 Å². The number of hydrogen-bond donors (Lipinski definition) is 1. The lowest BCUT2D eigenvalue weighted by Crippen LogP contribution is -2.27. The Morgan fingerprint density at radius 2 is 2.37 bits per heavy atom. The number of rotatable bonds is 2. The van der Waals surface area contributed by atoms with Crippen LogP contribution >= 0.6 is 28.1 Å². The first kappa shape index (κ1) is 13.0. The van der Waals surface area contributed by atoms with Gasteiger partial charge in [-0.1, -0.05) is 15.9 Å². The van der Waals surface area contributed by atoms with E-state index in [-0.39, 0.29) is 11.7 Å². The molecule has 4 nitrogen and oxygen atoms in total. The molecule has 0 aliphatic carbocycles. The highest BCUT2D eigenvalue weighted by molar-refractivity contribution is 9.10. The van der Waals surface area contributed by atoms with Crippen LogP contribution in [0.25, 0.3) is 10.9 Å². The number of benzene rings is 1. The zero-order valence-corrected chi connectivity index (χ0v) is 12.6. The summed E-state index contributed by atoms with van der Waals surface area (Å²) in [7, 11) is 0. The predicted octanol–water partition coefficient (Wildman–Crippen LogP) is 3.00. The molecule has 0 amide bonds. The fourth-order valence-electron chi connectivity index (χ4n) is 2.38. The molecule has 1 aromatic carbocycles. The van der Waals surface area contributed by atoms with E-state index in [0.29, 0.717) is 16.7 Å². The second-order valence-electron chi connectivity index (χ2n) is 4.67. The van der Waals surface area contributed by atoms with Crippen molar-refractivity contribution < 1.29 is 4.74 Å². The van der Waals surface area contributed by atoms with Gasteiger partial charge in [0.05, 0.1) is 23.6 Å². The van der Waals surface area contributed by atoms with Crippen LogP contribution in [0.4, 0.5) is 0 Å². The molecule has 3 rings (SSSR count). The summed E-state index contributed by atoms with van der Waals surface area (Å²) in [5.74, 6) is 0. The lowest BCUT2D eigenvalue weighted by molar-refractivity contribution is 0.0957. The van der Waals surface area contributed by atoms with Crippen LogP contribution in [0.3, 0.4) is 0 Å². The highest BCUT2D eigenvalue weighted by Gasteiger charge is 2.18. The van der Waals surface area contributed by atoms with Crippen LogP contribution in [0.15, 0.2) is 27.5 Å². The summed E-state index contributed by atoms with van der Waals surface area (Å²) in [4.78, 5) is 15.6. The van der Waals surface area contributed by atoms with Gasteiger partial charge in [0.1, 0.15) is 0 Å². The van der Waals surface area contributed by atoms with Gasteiger partial charge in [-0.25, -0.2) is 0 Å². The van der Waals surface area contributed by atoms with Gasteiger partial charge in [-0.05, 0) is 43.3 Å². The molecular formula is C13H13BrN2O2S. The number of aromatic nitrogens is 2. The van der Waals surface area contributed by atoms with Crippen LogP contribution < -0.4 is 5.56 Å². The summed E-state index contributed by atoms with van der Waals surface area (Å²) in [6, 6.07) is 5.55. The molecule has 2 heterocycles. The maximum absolute atomic E-state index is 12.5. The molecule has 1 atom stereocenters. The largest absolute Gasteiger partial charge is 0.376 e. The second-order valence-corrected chi connectivity index (χ2v) is 5.97. The smallest absolute Gasteiger partial charge is 0.262 e. The van der Waals surface area contributed by atoms with E-state index in [1.54, 1.807) is 4.57 Å². The summed E-state index contributed by atoms with van der Waals surface area (Å²) >= 11 is 8.66. The van der Waals surface area contributed by atoms with E-state index in [1.165, 1.54) is 0 Å². The third-order valence-corrected chi connectivity index (χ3v) is 4.17. The van der Waals surface area contributed by atoms with Crippen LogP contribution in [0.2, 0.25) is 0 Å². The zero-order valence-electron chi connectivity index (χ0n) is 10.2. The van der Waals surface area contributed by atoms with Crippen molar-refractivity contribution in [3.8, 4) is 0 Å². The van der Waals surface area contributed by atoms with Crippen molar-refractivity contribution in [2.24, 2.45) is 0 Å². The number of fused-ring (bicyclic) bond motifs is 1.